The average Bonchev–Trinajstić information content (AvgIpc) is 3.01. The maximum atomic E-state index is 13.5. The fourth-order valence-corrected chi connectivity index (χ4v) is 3.92. The Morgan fingerprint density at radius 2 is 1.89 bits per heavy atom. The Morgan fingerprint density at radius 1 is 1.14 bits per heavy atom. The van der Waals surface area contributed by atoms with Crippen molar-refractivity contribution >= 4 is 40.7 Å². The first kappa shape index (κ1) is 18.4. The molecule has 0 aliphatic carbocycles. The van der Waals surface area contributed by atoms with Crippen LogP contribution in [0.5, 0.6) is 0 Å². The topological polar surface area (TPSA) is 69.7 Å². The number of nitrogens with one attached hydrogen (secondary N) is 1. The number of likely N-dealkylation sites (N-methyl/N-ethyl adjacent to an activating group) is 1. The molecule has 144 valence electrons. The summed E-state index contributed by atoms with van der Waals surface area (Å²) in [5.74, 6) is -3.67. The van der Waals surface area contributed by atoms with Crippen molar-refractivity contribution < 1.29 is 23.2 Å². The molecule has 4 rings (SSSR count). The van der Waals surface area contributed by atoms with E-state index in [9.17, 15) is 23.2 Å². The molecule has 1 atom stereocenters. The second-order valence-corrected chi connectivity index (χ2v) is 7.09. The van der Waals surface area contributed by atoms with Crippen molar-refractivity contribution in [3.63, 3.8) is 0 Å². The zero-order chi connectivity index (χ0) is 20.2. The molecule has 1 N–H and O–H groups in total. The third-order valence-corrected chi connectivity index (χ3v) is 5.37. The number of carbonyl (C=O) groups excluding carboxylic acids is 3. The van der Waals surface area contributed by atoms with Crippen LogP contribution in [-0.2, 0) is 9.59 Å². The lowest BCUT2D eigenvalue weighted by molar-refractivity contribution is -0.128. The Morgan fingerprint density at radius 3 is 2.61 bits per heavy atom. The highest BCUT2D eigenvalue weighted by Gasteiger charge is 2.59. The number of carbonyl (C=O) groups is 3. The van der Waals surface area contributed by atoms with Gasteiger partial charge in [-0.25, -0.2) is 8.78 Å². The van der Waals surface area contributed by atoms with E-state index in [1.54, 1.807) is 0 Å². The van der Waals surface area contributed by atoms with Crippen LogP contribution in [0.2, 0.25) is 5.02 Å². The van der Waals surface area contributed by atoms with Gasteiger partial charge in [0.1, 0.15) is 0 Å². The van der Waals surface area contributed by atoms with Crippen molar-refractivity contribution in [2.24, 2.45) is 0 Å². The van der Waals surface area contributed by atoms with Crippen molar-refractivity contribution in [3.05, 3.63) is 58.6 Å². The maximum Gasteiger partial charge on any atom is 0.271 e. The number of hydrogen-bond donors (Lipinski definition) is 1. The van der Waals surface area contributed by atoms with Crippen molar-refractivity contribution in [1.82, 2.24) is 4.90 Å². The molecule has 0 radical (unpaired) electrons. The van der Waals surface area contributed by atoms with Gasteiger partial charge in [-0.2, -0.15) is 0 Å². The molecule has 2 aliphatic heterocycles. The molecule has 9 heteroatoms. The lowest BCUT2D eigenvalue weighted by atomic mass is 9.96. The Labute approximate surface area is 163 Å². The molecule has 3 amide bonds. The maximum absolute atomic E-state index is 13.5. The standard InChI is InChI=1S/C19H14ClF2N3O3/c1-24-17(27)12-4-2-10(20)8-15(12)25-16(26)6-7-19(24,25)18(28)23-11-3-5-13(21)14(22)9-11/h2-5,8-9H,6-7H2,1H3,(H,23,28). The van der Waals surface area contributed by atoms with Crippen LogP contribution in [0.3, 0.4) is 0 Å². The van der Waals surface area contributed by atoms with Gasteiger partial charge >= 0.3 is 0 Å². The van der Waals surface area contributed by atoms with Gasteiger partial charge in [0.25, 0.3) is 11.8 Å². The minimum atomic E-state index is -1.63. The number of anilines is 2. The number of amides is 3. The van der Waals surface area contributed by atoms with E-state index in [-0.39, 0.29) is 35.7 Å². The van der Waals surface area contributed by atoms with Crippen molar-refractivity contribution in [2.75, 3.05) is 17.3 Å². The first-order valence-electron chi connectivity index (χ1n) is 8.43. The molecule has 0 spiro atoms. The van der Waals surface area contributed by atoms with Crippen molar-refractivity contribution in [1.29, 1.82) is 0 Å². The van der Waals surface area contributed by atoms with E-state index in [4.69, 9.17) is 11.6 Å². The summed E-state index contributed by atoms with van der Waals surface area (Å²) in [4.78, 5) is 41.2. The Kier molecular flexibility index (Phi) is 4.11. The number of fused-ring (bicyclic) bond motifs is 3. The fourth-order valence-electron chi connectivity index (χ4n) is 3.75. The van der Waals surface area contributed by atoms with Gasteiger partial charge in [0.2, 0.25) is 11.6 Å². The molecule has 0 aromatic heterocycles. The molecule has 6 nitrogen and oxygen atoms in total. The summed E-state index contributed by atoms with van der Waals surface area (Å²) < 4.78 is 26.7. The Bertz CT molecular complexity index is 1050. The highest BCUT2D eigenvalue weighted by molar-refractivity contribution is 6.31. The molecule has 2 aromatic carbocycles. The third kappa shape index (κ3) is 2.48. The van der Waals surface area contributed by atoms with Crippen LogP contribution in [0.1, 0.15) is 23.2 Å². The lowest BCUT2D eigenvalue weighted by Crippen LogP contribution is -2.68. The predicted octanol–water partition coefficient (Wildman–Crippen LogP) is 3.17. The summed E-state index contributed by atoms with van der Waals surface area (Å²) in [6.45, 7) is 0. The van der Waals surface area contributed by atoms with Gasteiger partial charge in [0, 0.05) is 36.7 Å². The molecule has 2 heterocycles. The SMILES string of the molecule is CN1C(=O)c2ccc(Cl)cc2N2C(=O)CCC12C(=O)Nc1ccc(F)c(F)c1. The van der Waals surface area contributed by atoms with E-state index in [2.05, 4.69) is 5.32 Å². The van der Waals surface area contributed by atoms with E-state index in [0.29, 0.717) is 5.02 Å². The van der Waals surface area contributed by atoms with Crippen molar-refractivity contribution in [2.45, 2.75) is 18.5 Å². The van der Waals surface area contributed by atoms with E-state index in [0.717, 1.165) is 12.1 Å². The molecular formula is C19H14ClF2N3O3. The Hall–Kier alpha value is -3.00. The smallest absolute Gasteiger partial charge is 0.271 e. The molecule has 0 saturated carbocycles. The predicted molar refractivity (Wildman–Crippen MR) is 98.0 cm³/mol. The third-order valence-electron chi connectivity index (χ3n) is 5.14. The summed E-state index contributed by atoms with van der Waals surface area (Å²) in [5, 5.41) is 2.80. The van der Waals surface area contributed by atoms with Crippen LogP contribution in [0, 0.1) is 11.6 Å². The van der Waals surface area contributed by atoms with E-state index in [1.165, 1.54) is 41.1 Å². The average molecular weight is 406 g/mol. The highest BCUT2D eigenvalue weighted by Crippen LogP contribution is 2.45. The minimum absolute atomic E-state index is 0.00955. The fraction of sp³-hybridized carbons (Fsp3) is 0.211. The quantitative estimate of drug-likeness (QED) is 0.834. The molecule has 28 heavy (non-hydrogen) atoms. The molecule has 2 aliphatic rings. The van der Waals surface area contributed by atoms with Gasteiger partial charge in [0.05, 0.1) is 11.3 Å². The molecule has 1 fully saturated rings. The summed E-state index contributed by atoms with van der Waals surface area (Å²) >= 11 is 6.05. The van der Waals surface area contributed by atoms with Gasteiger partial charge in [-0.05, 0) is 30.3 Å². The summed E-state index contributed by atoms with van der Waals surface area (Å²) in [7, 11) is 1.43. The zero-order valence-corrected chi connectivity index (χ0v) is 15.4. The first-order chi connectivity index (χ1) is 13.3. The second kappa shape index (κ2) is 6.27. The van der Waals surface area contributed by atoms with Gasteiger partial charge in [0.15, 0.2) is 11.6 Å². The highest BCUT2D eigenvalue weighted by atomic mass is 35.5. The number of halogens is 3. The van der Waals surface area contributed by atoms with Gasteiger partial charge < -0.3 is 10.2 Å². The lowest BCUT2D eigenvalue weighted by Gasteiger charge is -2.47. The minimum Gasteiger partial charge on any atom is -0.322 e. The summed E-state index contributed by atoms with van der Waals surface area (Å²) in [6, 6.07) is 7.40. The van der Waals surface area contributed by atoms with Crippen LogP contribution in [0.25, 0.3) is 0 Å². The number of nitrogens with zero attached hydrogens (tertiary/aromatic N) is 2. The normalized spacial score (nSPS) is 20.9. The van der Waals surface area contributed by atoms with Crippen molar-refractivity contribution in [3.8, 4) is 0 Å². The zero-order valence-electron chi connectivity index (χ0n) is 14.6. The van der Waals surface area contributed by atoms with Crippen LogP contribution in [0.4, 0.5) is 20.2 Å². The number of rotatable bonds is 2. The molecule has 0 bridgehead atoms. The van der Waals surface area contributed by atoms with E-state index >= 15 is 0 Å². The second-order valence-electron chi connectivity index (χ2n) is 6.65. The van der Waals surface area contributed by atoms with E-state index in [1.807, 2.05) is 0 Å². The summed E-state index contributed by atoms with van der Waals surface area (Å²) in [6.07, 6.45) is 0.0876. The van der Waals surface area contributed by atoms with Crippen LogP contribution >= 0.6 is 11.6 Å². The Balaban J connectivity index is 1.81. The monoisotopic (exact) mass is 405 g/mol. The largest absolute Gasteiger partial charge is 0.322 e. The molecule has 1 unspecified atom stereocenters. The van der Waals surface area contributed by atoms with Crippen LogP contribution < -0.4 is 10.2 Å². The number of hydrogen-bond acceptors (Lipinski definition) is 3. The first-order valence-corrected chi connectivity index (χ1v) is 8.81. The van der Waals surface area contributed by atoms with Gasteiger partial charge in [-0.3, -0.25) is 19.3 Å². The van der Waals surface area contributed by atoms with E-state index < -0.39 is 29.1 Å². The molecule has 1 saturated heterocycles. The molecule has 2 aromatic rings. The summed E-state index contributed by atoms with van der Waals surface area (Å²) in [5.41, 5.74) is -1.12. The molecular weight excluding hydrogens is 392 g/mol. The van der Waals surface area contributed by atoms with Crippen LogP contribution in [-0.4, -0.2) is 35.3 Å². The van der Waals surface area contributed by atoms with Gasteiger partial charge in [-0.15, -0.1) is 0 Å². The van der Waals surface area contributed by atoms with Crippen LogP contribution in [0.15, 0.2) is 36.4 Å². The van der Waals surface area contributed by atoms with Gasteiger partial charge in [-0.1, -0.05) is 11.6 Å². The number of benzene rings is 2.